The summed E-state index contributed by atoms with van der Waals surface area (Å²) in [5.74, 6) is -0.503. The summed E-state index contributed by atoms with van der Waals surface area (Å²) in [6.07, 6.45) is 64.5. The first-order valence-corrected chi connectivity index (χ1v) is 28.4. The molecule has 0 aliphatic rings. The number of ether oxygens (including phenoxy) is 1. The van der Waals surface area contributed by atoms with Crippen LogP contribution in [-0.2, 0) is 14.3 Å². The molecule has 3 atom stereocenters. The summed E-state index contributed by atoms with van der Waals surface area (Å²) in [6, 6.07) is -0.714. The first-order chi connectivity index (χ1) is 32.0. The quantitative estimate of drug-likeness (QED) is 0.0245. The molecule has 0 fully saturated rings. The standard InChI is InChI=1S/C59H109NO5/c1-4-7-10-13-16-19-22-25-28-31-32-35-38-41-44-47-50-55(65-59(64)52-49-46-43-40-37-34-30-27-24-21-18-15-12-9-6-3)53-58(63)60-56(54-61)57(62)51-48-45-42-39-36-33-29-26-23-20-17-14-11-8-5-2/h21-22,24-25,28,31-32,35,55-57,61-62H,4-20,23,26-27,29-30,33-34,36-54H2,1-3H3,(H,60,63)/b24-21-,25-22+,31-28+,35-32+. The van der Waals surface area contributed by atoms with Gasteiger partial charge in [-0.1, -0.05) is 249 Å². The number of unbranched alkanes of at least 4 members (excludes halogenated alkanes) is 33. The molecule has 1 amide bonds. The van der Waals surface area contributed by atoms with Crippen LogP contribution in [-0.4, -0.2) is 46.9 Å². The number of hydrogen-bond donors (Lipinski definition) is 3. The van der Waals surface area contributed by atoms with Crippen LogP contribution in [0.2, 0.25) is 0 Å². The average Bonchev–Trinajstić information content (AvgIpc) is 3.30. The molecule has 0 aromatic carbocycles. The number of amides is 1. The minimum Gasteiger partial charge on any atom is -0.462 e. The Morgan fingerprint density at radius 1 is 0.446 bits per heavy atom. The lowest BCUT2D eigenvalue weighted by Gasteiger charge is -2.24. The highest BCUT2D eigenvalue weighted by molar-refractivity contribution is 5.77. The number of aliphatic hydroxyl groups is 2. The second-order valence-corrected chi connectivity index (χ2v) is 19.4. The van der Waals surface area contributed by atoms with Crippen molar-refractivity contribution < 1.29 is 24.5 Å². The van der Waals surface area contributed by atoms with Crippen LogP contribution in [0, 0.1) is 0 Å². The molecule has 65 heavy (non-hydrogen) atoms. The Hall–Kier alpha value is -2.18. The molecule has 0 aliphatic heterocycles. The molecule has 0 saturated carbocycles. The topological polar surface area (TPSA) is 95.9 Å². The maximum Gasteiger partial charge on any atom is 0.306 e. The van der Waals surface area contributed by atoms with Gasteiger partial charge in [-0.15, -0.1) is 0 Å². The van der Waals surface area contributed by atoms with Gasteiger partial charge in [0.05, 0.1) is 25.2 Å². The molecule has 0 aliphatic carbocycles. The minimum atomic E-state index is -0.798. The van der Waals surface area contributed by atoms with Gasteiger partial charge in [0.1, 0.15) is 6.10 Å². The Kier molecular flexibility index (Phi) is 51.0. The van der Waals surface area contributed by atoms with Gasteiger partial charge in [0, 0.05) is 6.42 Å². The van der Waals surface area contributed by atoms with Crippen LogP contribution in [0.25, 0.3) is 0 Å². The molecule has 0 heterocycles. The van der Waals surface area contributed by atoms with Gasteiger partial charge in [0.25, 0.3) is 0 Å². The molecule has 3 unspecified atom stereocenters. The van der Waals surface area contributed by atoms with E-state index in [2.05, 4.69) is 74.7 Å². The predicted molar refractivity (Wildman–Crippen MR) is 282 cm³/mol. The normalized spacial score (nSPS) is 13.5. The summed E-state index contributed by atoms with van der Waals surface area (Å²) in [5, 5.41) is 23.9. The average molecular weight is 913 g/mol. The van der Waals surface area contributed by atoms with Crippen LogP contribution in [0.5, 0.6) is 0 Å². The monoisotopic (exact) mass is 912 g/mol. The Bertz CT molecular complexity index is 1110. The largest absolute Gasteiger partial charge is 0.462 e. The van der Waals surface area contributed by atoms with Crippen molar-refractivity contribution in [3.63, 3.8) is 0 Å². The molecule has 0 spiro atoms. The Labute approximate surface area is 404 Å². The van der Waals surface area contributed by atoms with Crippen LogP contribution in [0.1, 0.15) is 290 Å². The van der Waals surface area contributed by atoms with E-state index in [1.54, 1.807) is 0 Å². The molecule has 0 aromatic heterocycles. The smallest absolute Gasteiger partial charge is 0.306 e. The lowest BCUT2D eigenvalue weighted by molar-refractivity contribution is -0.151. The van der Waals surface area contributed by atoms with Crippen molar-refractivity contribution in [3.8, 4) is 0 Å². The van der Waals surface area contributed by atoms with E-state index in [1.165, 1.54) is 173 Å². The van der Waals surface area contributed by atoms with E-state index in [-0.39, 0.29) is 24.9 Å². The summed E-state index contributed by atoms with van der Waals surface area (Å²) < 4.78 is 5.94. The predicted octanol–water partition coefficient (Wildman–Crippen LogP) is 17.4. The summed E-state index contributed by atoms with van der Waals surface area (Å²) in [5.41, 5.74) is 0. The Morgan fingerprint density at radius 2 is 0.800 bits per heavy atom. The van der Waals surface area contributed by atoms with Crippen molar-refractivity contribution in [1.29, 1.82) is 0 Å². The molecule has 0 radical (unpaired) electrons. The van der Waals surface area contributed by atoms with E-state index in [4.69, 9.17) is 4.74 Å². The van der Waals surface area contributed by atoms with Crippen LogP contribution in [0.4, 0.5) is 0 Å². The minimum absolute atomic E-state index is 0.0545. The molecular weight excluding hydrogens is 803 g/mol. The highest BCUT2D eigenvalue weighted by Crippen LogP contribution is 2.18. The van der Waals surface area contributed by atoms with Gasteiger partial charge in [0.2, 0.25) is 5.91 Å². The zero-order chi connectivity index (χ0) is 47.4. The number of esters is 1. The molecule has 0 saturated heterocycles. The van der Waals surface area contributed by atoms with E-state index in [0.29, 0.717) is 19.3 Å². The molecular formula is C59H109NO5. The first kappa shape index (κ1) is 62.8. The van der Waals surface area contributed by atoms with E-state index in [9.17, 15) is 19.8 Å². The number of carbonyl (C=O) groups is 2. The van der Waals surface area contributed by atoms with E-state index < -0.39 is 18.2 Å². The van der Waals surface area contributed by atoms with Gasteiger partial charge in [-0.2, -0.15) is 0 Å². The van der Waals surface area contributed by atoms with Crippen molar-refractivity contribution in [2.75, 3.05) is 6.61 Å². The molecule has 6 heteroatoms. The lowest BCUT2D eigenvalue weighted by Crippen LogP contribution is -2.46. The van der Waals surface area contributed by atoms with Gasteiger partial charge in [-0.25, -0.2) is 0 Å². The van der Waals surface area contributed by atoms with Crippen molar-refractivity contribution in [1.82, 2.24) is 5.32 Å². The molecule has 6 nitrogen and oxygen atoms in total. The van der Waals surface area contributed by atoms with Crippen LogP contribution < -0.4 is 5.32 Å². The highest BCUT2D eigenvalue weighted by atomic mass is 16.5. The van der Waals surface area contributed by atoms with Crippen molar-refractivity contribution >= 4 is 11.9 Å². The zero-order valence-electron chi connectivity index (χ0n) is 43.4. The number of hydrogen-bond acceptors (Lipinski definition) is 5. The molecule has 380 valence electrons. The second-order valence-electron chi connectivity index (χ2n) is 19.4. The Morgan fingerprint density at radius 3 is 1.25 bits per heavy atom. The number of rotatable bonds is 51. The number of aliphatic hydroxyl groups excluding tert-OH is 2. The summed E-state index contributed by atoms with van der Waals surface area (Å²) >= 11 is 0. The third-order valence-corrected chi connectivity index (χ3v) is 12.9. The van der Waals surface area contributed by atoms with Gasteiger partial charge in [-0.05, 0) is 77.0 Å². The maximum absolute atomic E-state index is 13.3. The summed E-state index contributed by atoms with van der Waals surface area (Å²) in [7, 11) is 0. The molecule has 0 aromatic rings. The molecule has 3 N–H and O–H groups in total. The van der Waals surface area contributed by atoms with Gasteiger partial charge >= 0.3 is 5.97 Å². The van der Waals surface area contributed by atoms with Gasteiger partial charge in [-0.3, -0.25) is 9.59 Å². The number of carbonyl (C=O) groups excluding carboxylic acids is 2. The van der Waals surface area contributed by atoms with Crippen molar-refractivity contribution in [2.45, 2.75) is 309 Å². The first-order valence-electron chi connectivity index (χ1n) is 28.4. The molecule has 0 bridgehead atoms. The fraction of sp³-hybridized carbons (Fsp3) is 0.831. The maximum atomic E-state index is 13.3. The van der Waals surface area contributed by atoms with Crippen molar-refractivity contribution in [2.24, 2.45) is 0 Å². The summed E-state index contributed by atoms with van der Waals surface area (Å²) in [4.78, 5) is 26.2. The fourth-order valence-electron chi connectivity index (χ4n) is 8.60. The van der Waals surface area contributed by atoms with Crippen molar-refractivity contribution in [3.05, 3.63) is 48.6 Å². The lowest BCUT2D eigenvalue weighted by atomic mass is 10.0. The van der Waals surface area contributed by atoms with Crippen LogP contribution in [0.3, 0.4) is 0 Å². The van der Waals surface area contributed by atoms with Crippen LogP contribution >= 0.6 is 0 Å². The third-order valence-electron chi connectivity index (χ3n) is 12.9. The summed E-state index contributed by atoms with van der Waals surface area (Å²) in [6.45, 7) is 6.47. The van der Waals surface area contributed by atoms with E-state index >= 15 is 0 Å². The zero-order valence-corrected chi connectivity index (χ0v) is 43.4. The second kappa shape index (κ2) is 52.8. The highest BCUT2D eigenvalue weighted by Gasteiger charge is 2.24. The van der Waals surface area contributed by atoms with E-state index in [0.717, 1.165) is 70.6 Å². The number of nitrogens with one attached hydrogen (secondary N) is 1. The SMILES string of the molecule is CCCCCC/C=C\CCCCCCCCCC(=O)OC(CCCCC/C=C/C=C/C=C/CCCCCCC)CC(=O)NC(CO)C(O)CCCCCCCCCCCCCCCCC. The number of allylic oxidation sites excluding steroid dienone is 8. The van der Waals surface area contributed by atoms with Gasteiger partial charge < -0.3 is 20.3 Å². The van der Waals surface area contributed by atoms with Crippen LogP contribution in [0.15, 0.2) is 48.6 Å². The third kappa shape index (κ3) is 48.1. The van der Waals surface area contributed by atoms with E-state index in [1.807, 2.05) is 0 Å². The van der Waals surface area contributed by atoms with Gasteiger partial charge in [0.15, 0.2) is 0 Å². The molecule has 0 rings (SSSR count). The Balaban J connectivity index is 4.62. The fourth-order valence-corrected chi connectivity index (χ4v) is 8.60.